The number of hydrogen-bond donors (Lipinski definition) is 0. The molecule has 8 rings (SSSR count). The summed E-state index contributed by atoms with van der Waals surface area (Å²) in [5.74, 6) is 0. The Morgan fingerprint density at radius 1 is 0.660 bits per heavy atom. The Kier molecular flexibility index (Phi) is 7.31. The van der Waals surface area contributed by atoms with Crippen molar-refractivity contribution >= 4 is 66.9 Å². The Bertz CT molecular complexity index is 2520. The second-order valence-corrected chi connectivity index (χ2v) is 13.3. The summed E-state index contributed by atoms with van der Waals surface area (Å²) in [5, 5.41) is 7.58. The standard InChI is InChI=1S/C45H35NS/c1-5-13-34-22-25-45(47-34)42(7-3)46-43-19-11-10-18-39(43)41-28-33(21-24-44(41)46)31-15-12-14-30(26-31)32-20-23-38-37-17-9-8-16-36(37)29(4)35(6-2)40(38)27-32/h5-24,26-28H,2-3,25H2,1,4H3/b13-5-,45-42-. The molecule has 0 saturated heterocycles. The molecule has 0 amide bonds. The largest absolute Gasteiger partial charge is 0.308 e. The van der Waals surface area contributed by atoms with Crippen molar-refractivity contribution < 1.29 is 0 Å². The van der Waals surface area contributed by atoms with Gasteiger partial charge in [0.05, 0.1) is 16.7 Å². The van der Waals surface area contributed by atoms with Crippen LogP contribution in [0.2, 0.25) is 0 Å². The van der Waals surface area contributed by atoms with Crippen LogP contribution < -0.4 is 0 Å². The molecular weight excluding hydrogens is 587 g/mol. The highest BCUT2D eigenvalue weighted by Gasteiger charge is 2.19. The summed E-state index contributed by atoms with van der Waals surface area (Å²) >= 11 is 1.84. The highest BCUT2D eigenvalue weighted by molar-refractivity contribution is 8.07. The number of aryl methyl sites for hydroxylation is 1. The van der Waals surface area contributed by atoms with Gasteiger partial charge in [0.2, 0.25) is 0 Å². The second kappa shape index (κ2) is 11.8. The highest BCUT2D eigenvalue weighted by Crippen LogP contribution is 2.43. The van der Waals surface area contributed by atoms with Crippen LogP contribution in [0, 0.1) is 6.92 Å². The summed E-state index contributed by atoms with van der Waals surface area (Å²) < 4.78 is 2.39. The molecule has 1 aliphatic rings. The molecule has 0 N–H and O–H groups in total. The number of benzene rings is 6. The van der Waals surface area contributed by atoms with E-state index in [1.807, 2.05) is 23.9 Å². The molecule has 0 radical (unpaired) electrons. The lowest BCUT2D eigenvalue weighted by Crippen LogP contribution is -1.96. The van der Waals surface area contributed by atoms with E-state index in [4.69, 9.17) is 0 Å². The third kappa shape index (κ3) is 4.80. The SMILES string of the molecule is C=C/C(=C1\CC=C(/C=C\C)S1)n1c2ccccc2c2cc(-c3cccc(-c4ccc5c(c4)c(C=C)c(C)c4ccccc45)c3)ccc21. The van der Waals surface area contributed by atoms with E-state index in [0.29, 0.717) is 0 Å². The third-order valence-corrected chi connectivity index (χ3v) is 10.7. The molecule has 0 fully saturated rings. The van der Waals surface area contributed by atoms with Gasteiger partial charge < -0.3 is 4.57 Å². The fourth-order valence-electron chi connectivity index (χ4n) is 7.30. The molecule has 0 bridgehead atoms. The van der Waals surface area contributed by atoms with Gasteiger partial charge in [-0.15, -0.1) is 0 Å². The van der Waals surface area contributed by atoms with E-state index in [0.717, 1.165) is 12.1 Å². The van der Waals surface area contributed by atoms with E-state index in [-0.39, 0.29) is 0 Å². The van der Waals surface area contributed by atoms with Crippen molar-refractivity contribution in [2.45, 2.75) is 20.3 Å². The maximum absolute atomic E-state index is 4.26. The lowest BCUT2D eigenvalue weighted by atomic mass is 9.90. The molecular formula is C45H35NS. The van der Waals surface area contributed by atoms with Gasteiger partial charge >= 0.3 is 0 Å². The maximum Gasteiger partial charge on any atom is 0.0558 e. The molecule has 7 aromatic rings. The van der Waals surface area contributed by atoms with Crippen molar-refractivity contribution in [1.29, 1.82) is 0 Å². The molecule has 0 saturated carbocycles. The van der Waals surface area contributed by atoms with Crippen LogP contribution >= 0.6 is 11.8 Å². The van der Waals surface area contributed by atoms with Crippen LogP contribution in [0.25, 0.3) is 77.4 Å². The van der Waals surface area contributed by atoms with Gasteiger partial charge in [-0.1, -0.05) is 128 Å². The summed E-state index contributed by atoms with van der Waals surface area (Å²) in [5.41, 5.74) is 10.9. The molecule has 2 heteroatoms. The summed E-state index contributed by atoms with van der Waals surface area (Å²) in [6.07, 6.45) is 11.5. The van der Waals surface area contributed by atoms with E-state index in [9.17, 15) is 0 Å². The smallest absolute Gasteiger partial charge is 0.0558 e. The number of nitrogens with zero attached hydrogens (tertiary/aromatic N) is 1. The number of fused-ring (bicyclic) bond motifs is 6. The second-order valence-electron chi connectivity index (χ2n) is 12.1. The normalized spacial score (nSPS) is 14.5. The van der Waals surface area contributed by atoms with Crippen LogP contribution in [0.5, 0.6) is 0 Å². The zero-order valence-corrected chi connectivity index (χ0v) is 27.6. The van der Waals surface area contributed by atoms with Gasteiger partial charge in [0.25, 0.3) is 0 Å². The van der Waals surface area contributed by atoms with E-state index < -0.39 is 0 Å². The Morgan fingerprint density at radius 2 is 1.30 bits per heavy atom. The molecule has 0 spiro atoms. The molecule has 47 heavy (non-hydrogen) atoms. The summed E-state index contributed by atoms with van der Waals surface area (Å²) in [7, 11) is 0. The van der Waals surface area contributed by atoms with Crippen LogP contribution in [-0.4, -0.2) is 4.57 Å². The predicted octanol–water partition coefficient (Wildman–Crippen LogP) is 13.3. The number of allylic oxidation sites excluding steroid dienone is 6. The third-order valence-electron chi connectivity index (χ3n) is 9.52. The van der Waals surface area contributed by atoms with Gasteiger partial charge in [-0.2, -0.15) is 0 Å². The molecule has 1 aromatic heterocycles. The lowest BCUT2D eigenvalue weighted by molar-refractivity contribution is 1.21. The minimum atomic E-state index is 0.920. The minimum absolute atomic E-state index is 0.920. The number of aromatic nitrogens is 1. The van der Waals surface area contributed by atoms with Crippen molar-refractivity contribution in [2.24, 2.45) is 0 Å². The molecule has 0 atom stereocenters. The van der Waals surface area contributed by atoms with Crippen molar-refractivity contribution in [3.05, 3.63) is 168 Å². The van der Waals surface area contributed by atoms with Gasteiger partial charge in [0.15, 0.2) is 0 Å². The monoisotopic (exact) mass is 621 g/mol. The molecule has 226 valence electrons. The van der Waals surface area contributed by atoms with E-state index in [1.165, 1.54) is 86.5 Å². The first-order valence-electron chi connectivity index (χ1n) is 16.2. The van der Waals surface area contributed by atoms with Gasteiger partial charge in [0.1, 0.15) is 0 Å². The topological polar surface area (TPSA) is 4.93 Å². The van der Waals surface area contributed by atoms with Gasteiger partial charge in [-0.25, -0.2) is 0 Å². The van der Waals surface area contributed by atoms with Crippen LogP contribution in [0.3, 0.4) is 0 Å². The Hall–Kier alpha value is -5.31. The number of rotatable bonds is 6. The van der Waals surface area contributed by atoms with Crippen LogP contribution in [-0.2, 0) is 0 Å². The lowest BCUT2D eigenvalue weighted by Gasteiger charge is -2.14. The zero-order chi connectivity index (χ0) is 32.1. The van der Waals surface area contributed by atoms with Crippen molar-refractivity contribution in [1.82, 2.24) is 4.57 Å². The Labute approximate surface area is 280 Å². The number of thioether (sulfide) groups is 1. The van der Waals surface area contributed by atoms with Crippen LogP contribution in [0.15, 0.2) is 156 Å². The van der Waals surface area contributed by atoms with Crippen LogP contribution in [0.1, 0.15) is 24.5 Å². The fourth-order valence-corrected chi connectivity index (χ4v) is 8.40. The Balaban J connectivity index is 1.25. The molecule has 1 nitrogen and oxygen atoms in total. The van der Waals surface area contributed by atoms with Gasteiger partial charge in [-0.05, 0) is 105 Å². The first kappa shape index (κ1) is 29.1. The quantitative estimate of drug-likeness (QED) is 0.167. The zero-order valence-electron chi connectivity index (χ0n) is 26.8. The first-order chi connectivity index (χ1) is 23.1. The van der Waals surface area contributed by atoms with E-state index in [1.54, 1.807) is 0 Å². The first-order valence-corrected chi connectivity index (χ1v) is 17.0. The summed E-state index contributed by atoms with van der Waals surface area (Å²) in [4.78, 5) is 2.62. The predicted molar refractivity (Wildman–Crippen MR) is 209 cm³/mol. The van der Waals surface area contributed by atoms with Crippen molar-refractivity contribution in [3.8, 4) is 22.3 Å². The maximum atomic E-state index is 4.26. The Morgan fingerprint density at radius 3 is 2.04 bits per heavy atom. The highest BCUT2D eigenvalue weighted by atomic mass is 32.2. The molecule has 0 unspecified atom stereocenters. The number of hydrogen-bond acceptors (Lipinski definition) is 1. The summed E-state index contributed by atoms with van der Waals surface area (Å²) in [6.45, 7) is 12.7. The molecule has 1 aliphatic heterocycles. The van der Waals surface area contributed by atoms with Crippen molar-refractivity contribution in [3.63, 3.8) is 0 Å². The molecule has 2 heterocycles. The van der Waals surface area contributed by atoms with E-state index >= 15 is 0 Å². The van der Waals surface area contributed by atoms with Crippen LogP contribution in [0.4, 0.5) is 0 Å². The van der Waals surface area contributed by atoms with Gasteiger partial charge in [0, 0.05) is 27.0 Å². The molecule has 6 aromatic carbocycles. The summed E-state index contributed by atoms with van der Waals surface area (Å²) in [6, 6.07) is 40.1. The van der Waals surface area contributed by atoms with E-state index in [2.05, 4.69) is 159 Å². The average Bonchev–Trinajstić information content (AvgIpc) is 3.71. The fraction of sp³-hybridized carbons (Fsp3) is 0.0667. The molecule has 0 aliphatic carbocycles. The van der Waals surface area contributed by atoms with Gasteiger partial charge in [-0.3, -0.25) is 0 Å². The average molecular weight is 622 g/mol. The minimum Gasteiger partial charge on any atom is -0.308 e. The van der Waals surface area contributed by atoms with Crippen molar-refractivity contribution in [2.75, 3.05) is 0 Å². The number of para-hydroxylation sites is 1.